The molecule has 0 aromatic heterocycles. The first-order valence-electron chi connectivity index (χ1n) is 9.36. The number of aliphatic hydroxyl groups is 1. The summed E-state index contributed by atoms with van der Waals surface area (Å²) in [6.07, 6.45) is 1.71. The SMILES string of the molecule is COc1ccc(C=C(C)C(O)(c2cc(F)c(F)c(C)c2F)C(C)CN(C)C)cc1. The number of ether oxygens (including phenoxy) is 1. The van der Waals surface area contributed by atoms with Crippen LogP contribution in [0.15, 0.2) is 35.9 Å². The second-order valence-corrected chi connectivity index (χ2v) is 7.69. The molecular weight excluding hydrogens is 379 g/mol. The molecule has 0 spiro atoms. The van der Waals surface area contributed by atoms with Gasteiger partial charge in [0, 0.05) is 23.6 Å². The van der Waals surface area contributed by atoms with E-state index < -0.39 is 34.5 Å². The van der Waals surface area contributed by atoms with E-state index in [1.54, 1.807) is 51.3 Å². The van der Waals surface area contributed by atoms with E-state index in [1.807, 2.05) is 19.0 Å². The Morgan fingerprint density at radius 2 is 1.76 bits per heavy atom. The van der Waals surface area contributed by atoms with E-state index >= 15 is 4.39 Å². The second kappa shape index (κ2) is 9.01. The van der Waals surface area contributed by atoms with Crippen LogP contribution in [0.1, 0.15) is 30.5 Å². The van der Waals surface area contributed by atoms with Crippen molar-refractivity contribution in [3.05, 3.63) is 70.0 Å². The molecule has 0 fully saturated rings. The molecule has 158 valence electrons. The van der Waals surface area contributed by atoms with Gasteiger partial charge in [0.05, 0.1) is 7.11 Å². The van der Waals surface area contributed by atoms with Crippen LogP contribution in [0.25, 0.3) is 6.08 Å². The third kappa shape index (κ3) is 4.65. The van der Waals surface area contributed by atoms with E-state index in [9.17, 15) is 13.9 Å². The fourth-order valence-electron chi connectivity index (χ4n) is 3.61. The Hall–Kier alpha value is -2.31. The van der Waals surface area contributed by atoms with Crippen molar-refractivity contribution in [2.45, 2.75) is 26.4 Å². The maximum absolute atomic E-state index is 15.0. The molecule has 0 bridgehead atoms. The van der Waals surface area contributed by atoms with Crippen LogP contribution in [0.4, 0.5) is 13.2 Å². The van der Waals surface area contributed by atoms with Crippen molar-refractivity contribution in [2.75, 3.05) is 27.7 Å². The minimum Gasteiger partial charge on any atom is -0.497 e. The van der Waals surface area contributed by atoms with Gasteiger partial charge in [0.15, 0.2) is 11.6 Å². The zero-order valence-electron chi connectivity index (χ0n) is 17.7. The van der Waals surface area contributed by atoms with E-state index in [-0.39, 0.29) is 5.56 Å². The van der Waals surface area contributed by atoms with Crippen LogP contribution in [0.3, 0.4) is 0 Å². The summed E-state index contributed by atoms with van der Waals surface area (Å²) in [5, 5.41) is 11.7. The molecule has 0 saturated heterocycles. The van der Waals surface area contributed by atoms with Crippen molar-refractivity contribution >= 4 is 6.08 Å². The Morgan fingerprint density at radius 3 is 2.28 bits per heavy atom. The lowest BCUT2D eigenvalue weighted by Gasteiger charge is -2.38. The summed E-state index contributed by atoms with van der Waals surface area (Å²) in [6.45, 7) is 4.98. The number of rotatable bonds is 7. The third-order valence-electron chi connectivity index (χ3n) is 5.24. The fourth-order valence-corrected chi connectivity index (χ4v) is 3.61. The minimum absolute atomic E-state index is 0.273. The summed E-state index contributed by atoms with van der Waals surface area (Å²) in [5.41, 5.74) is -1.38. The average Bonchev–Trinajstić information content (AvgIpc) is 2.68. The van der Waals surface area contributed by atoms with Gasteiger partial charge in [-0.3, -0.25) is 0 Å². The predicted molar refractivity (Wildman–Crippen MR) is 109 cm³/mol. The summed E-state index contributed by atoms with van der Waals surface area (Å²) in [4.78, 5) is 1.85. The van der Waals surface area contributed by atoms with Crippen molar-refractivity contribution in [3.63, 3.8) is 0 Å². The van der Waals surface area contributed by atoms with E-state index in [0.29, 0.717) is 17.9 Å². The molecule has 2 aromatic carbocycles. The maximum atomic E-state index is 15.0. The number of halogens is 3. The average molecular weight is 407 g/mol. The van der Waals surface area contributed by atoms with Gasteiger partial charge in [-0.2, -0.15) is 0 Å². The standard InChI is InChI=1S/C23H28F3NO2/c1-14(11-17-7-9-18(29-6)10-8-17)23(28,15(2)13-27(4)5)19-12-20(24)22(26)16(3)21(19)25/h7-12,15,28H,13H2,1-6H3. The zero-order chi connectivity index (χ0) is 21.9. The van der Waals surface area contributed by atoms with Crippen molar-refractivity contribution in [2.24, 2.45) is 5.92 Å². The molecule has 2 atom stereocenters. The molecule has 0 saturated carbocycles. The van der Waals surface area contributed by atoms with Gasteiger partial charge in [0.1, 0.15) is 17.2 Å². The van der Waals surface area contributed by atoms with Gasteiger partial charge < -0.3 is 14.7 Å². The first-order chi connectivity index (χ1) is 13.5. The summed E-state index contributed by atoms with van der Waals surface area (Å²) in [5.74, 6) is -3.21. The predicted octanol–water partition coefficient (Wildman–Crippen LogP) is 4.91. The Morgan fingerprint density at radius 1 is 1.17 bits per heavy atom. The number of hydrogen-bond acceptors (Lipinski definition) is 3. The summed E-state index contributed by atoms with van der Waals surface area (Å²) >= 11 is 0. The first kappa shape index (κ1) is 23.0. The van der Waals surface area contributed by atoms with Crippen LogP contribution >= 0.6 is 0 Å². The molecule has 2 aromatic rings. The van der Waals surface area contributed by atoms with Crippen molar-refractivity contribution < 1.29 is 23.0 Å². The van der Waals surface area contributed by atoms with Crippen LogP contribution in [-0.2, 0) is 5.60 Å². The molecule has 2 rings (SSSR count). The highest BCUT2D eigenvalue weighted by Crippen LogP contribution is 2.41. The van der Waals surface area contributed by atoms with Gasteiger partial charge in [0.2, 0.25) is 0 Å². The Kier molecular flexibility index (Phi) is 7.14. The Labute approximate surface area is 170 Å². The molecule has 0 aliphatic heterocycles. The van der Waals surface area contributed by atoms with E-state index in [1.165, 1.54) is 0 Å². The molecule has 3 nitrogen and oxygen atoms in total. The number of methoxy groups -OCH3 is 1. The molecule has 2 unspecified atom stereocenters. The van der Waals surface area contributed by atoms with Crippen molar-refractivity contribution in [1.29, 1.82) is 0 Å². The lowest BCUT2D eigenvalue weighted by atomic mass is 9.75. The molecule has 6 heteroatoms. The van der Waals surface area contributed by atoms with Crippen LogP contribution in [0.5, 0.6) is 5.75 Å². The maximum Gasteiger partial charge on any atom is 0.164 e. The molecule has 0 amide bonds. The van der Waals surface area contributed by atoms with Gasteiger partial charge in [-0.1, -0.05) is 25.1 Å². The highest BCUT2D eigenvalue weighted by molar-refractivity contribution is 5.57. The first-order valence-corrected chi connectivity index (χ1v) is 9.36. The summed E-state index contributed by atoms with van der Waals surface area (Å²) < 4.78 is 48.2. The lowest BCUT2D eigenvalue weighted by molar-refractivity contribution is 0.00693. The van der Waals surface area contributed by atoms with Crippen molar-refractivity contribution in [1.82, 2.24) is 4.90 Å². The number of hydrogen-bond donors (Lipinski definition) is 1. The number of nitrogens with zero attached hydrogens (tertiary/aromatic N) is 1. The van der Waals surface area contributed by atoms with E-state index in [4.69, 9.17) is 4.74 Å². The van der Waals surface area contributed by atoms with Crippen LogP contribution in [-0.4, -0.2) is 37.8 Å². The highest BCUT2D eigenvalue weighted by atomic mass is 19.2. The fraction of sp³-hybridized carbons (Fsp3) is 0.391. The quantitative estimate of drug-likeness (QED) is 0.662. The van der Waals surface area contributed by atoms with Crippen LogP contribution < -0.4 is 4.74 Å². The van der Waals surface area contributed by atoms with E-state index in [2.05, 4.69) is 0 Å². The van der Waals surface area contributed by atoms with Crippen molar-refractivity contribution in [3.8, 4) is 5.75 Å². The topological polar surface area (TPSA) is 32.7 Å². The Balaban J connectivity index is 2.66. The van der Waals surface area contributed by atoms with Crippen LogP contribution in [0.2, 0.25) is 0 Å². The minimum atomic E-state index is -1.84. The highest BCUT2D eigenvalue weighted by Gasteiger charge is 2.41. The largest absolute Gasteiger partial charge is 0.497 e. The normalized spacial score (nSPS) is 15.3. The molecule has 0 radical (unpaired) electrons. The van der Waals surface area contributed by atoms with E-state index in [0.717, 1.165) is 18.6 Å². The molecule has 0 aliphatic rings. The van der Waals surface area contributed by atoms with Gasteiger partial charge in [-0.15, -0.1) is 0 Å². The van der Waals surface area contributed by atoms with Gasteiger partial charge in [0.25, 0.3) is 0 Å². The summed E-state index contributed by atoms with van der Waals surface area (Å²) in [7, 11) is 5.21. The monoisotopic (exact) mass is 407 g/mol. The smallest absolute Gasteiger partial charge is 0.164 e. The molecule has 29 heavy (non-hydrogen) atoms. The summed E-state index contributed by atoms with van der Waals surface area (Å²) in [6, 6.07) is 7.89. The third-order valence-corrected chi connectivity index (χ3v) is 5.24. The Bertz CT molecular complexity index is 894. The molecule has 0 aliphatic carbocycles. The zero-order valence-corrected chi connectivity index (χ0v) is 17.7. The number of benzene rings is 2. The lowest BCUT2D eigenvalue weighted by Crippen LogP contribution is -2.41. The van der Waals surface area contributed by atoms with Gasteiger partial charge in [-0.05, 0) is 57.3 Å². The molecule has 1 N–H and O–H groups in total. The second-order valence-electron chi connectivity index (χ2n) is 7.69. The van der Waals surface area contributed by atoms with Gasteiger partial charge >= 0.3 is 0 Å². The molecule has 0 heterocycles. The molecular formula is C23H28F3NO2. The van der Waals surface area contributed by atoms with Gasteiger partial charge in [-0.25, -0.2) is 13.2 Å². The van der Waals surface area contributed by atoms with Crippen LogP contribution in [0, 0.1) is 30.3 Å².